The van der Waals surface area contributed by atoms with E-state index in [0.717, 1.165) is 33.3 Å². The zero-order valence-electron chi connectivity index (χ0n) is 21.3. The van der Waals surface area contributed by atoms with Gasteiger partial charge in [-0.2, -0.15) is 8.42 Å². The van der Waals surface area contributed by atoms with Crippen LogP contribution in [0.4, 0.5) is 0 Å². The first-order valence-electron chi connectivity index (χ1n) is 11.4. The number of ether oxygens (including phenoxy) is 4. The summed E-state index contributed by atoms with van der Waals surface area (Å²) in [6.45, 7) is 7.29. The van der Waals surface area contributed by atoms with Crippen molar-refractivity contribution in [2.24, 2.45) is 0 Å². The Bertz CT molecular complexity index is 1000. The maximum atomic E-state index is 12.7. The topological polar surface area (TPSA) is 149 Å². The Morgan fingerprint density at radius 2 is 1.19 bits per heavy atom. The summed E-state index contributed by atoms with van der Waals surface area (Å²) in [6.07, 6.45) is -4.10. The van der Waals surface area contributed by atoms with Crippen molar-refractivity contribution in [1.82, 2.24) is 0 Å². The summed E-state index contributed by atoms with van der Waals surface area (Å²) in [5, 5.41) is 0. The van der Waals surface area contributed by atoms with Gasteiger partial charge in [0.25, 0.3) is 10.1 Å². The molecule has 0 bridgehead atoms. The maximum Gasteiger partial charge on any atom is 0.303 e. The minimum Gasteiger partial charge on any atom is -0.458 e. The Morgan fingerprint density at radius 1 is 0.750 bits per heavy atom. The lowest BCUT2D eigenvalue weighted by Crippen LogP contribution is -2.53. The first-order chi connectivity index (χ1) is 16.8. The third-order valence-electron chi connectivity index (χ3n) is 4.83. The lowest BCUT2D eigenvalue weighted by molar-refractivity contribution is -0.200. The number of benzene rings is 1. The van der Waals surface area contributed by atoms with Crippen molar-refractivity contribution in [3.8, 4) is 0 Å². The molecule has 0 N–H and O–H groups in total. The molecular formula is C24H34O11S. The number of hydrogen-bond acceptors (Lipinski definition) is 11. The van der Waals surface area contributed by atoms with Crippen molar-refractivity contribution < 1.29 is 50.7 Å². The number of hydrogen-bond donors (Lipinski definition) is 0. The average molecular weight is 531 g/mol. The fraction of sp³-hybridized carbons (Fsp3) is 0.583. The van der Waals surface area contributed by atoms with E-state index in [9.17, 15) is 27.6 Å². The molecule has 1 rings (SSSR count). The molecule has 4 atom stereocenters. The fourth-order valence-corrected chi connectivity index (χ4v) is 4.26. The Hall–Kier alpha value is -2.99. The number of carbonyl (C=O) groups is 4. The Morgan fingerprint density at radius 3 is 1.64 bits per heavy atom. The highest BCUT2D eigenvalue weighted by atomic mass is 32.2. The van der Waals surface area contributed by atoms with Gasteiger partial charge in [-0.15, -0.1) is 0 Å². The molecule has 11 nitrogen and oxygen atoms in total. The smallest absolute Gasteiger partial charge is 0.303 e. The van der Waals surface area contributed by atoms with Gasteiger partial charge in [0.2, 0.25) is 0 Å². The molecule has 1 aromatic carbocycles. The van der Waals surface area contributed by atoms with Crippen LogP contribution in [0.1, 0.15) is 59.4 Å². The Kier molecular flexibility index (Phi) is 12.5. The van der Waals surface area contributed by atoms with Gasteiger partial charge in [-0.25, -0.2) is 0 Å². The largest absolute Gasteiger partial charge is 0.458 e. The molecule has 0 saturated carbocycles. The summed E-state index contributed by atoms with van der Waals surface area (Å²) < 4.78 is 51.9. The van der Waals surface area contributed by atoms with E-state index >= 15 is 0 Å². The molecule has 0 heterocycles. The Labute approximate surface area is 211 Å². The van der Waals surface area contributed by atoms with Gasteiger partial charge in [-0.05, 0) is 31.9 Å². The third-order valence-corrected chi connectivity index (χ3v) is 6.13. The molecule has 202 valence electrons. The molecule has 0 aromatic heterocycles. The molecule has 0 radical (unpaired) electrons. The van der Waals surface area contributed by atoms with Crippen LogP contribution in [-0.2, 0) is 52.4 Å². The molecule has 36 heavy (non-hydrogen) atoms. The van der Waals surface area contributed by atoms with Crippen LogP contribution >= 0.6 is 0 Å². The van der Waals surface area contributed by atoms with Gasteiger partial charge in [0.05, 0.1) is 4.90 Å². The first kappa shape index (κ1) is 31.0. The van der Waals surface area contributed by atoms with E-state index in [-0.39, 0.29) is 11.3 Å². The third kappa shape index (κ3) is 10.7. The summed E-state index contributed by atoms with van der Waals surface area (Å²) in [4.78, 5) is 47.4. The minimum absolute atomic E-state index is 0.143. The van der Waals surface area contributed by atoms with Crippen molar-refractivity contribution in [3.05, 3.63) is 29.8 Å². The maximum absolute atomic E-state index is 12.7. The van der Waals surface area contributed by atoms with Crippen LogP contribution in [-0.4, -0.2) is 63.3 Å². The standard InChI is InChI=1S/C24H34O11S/c1-7-8-9-21(32-16(3)25)23(34-18(5)27)24(35-19(6)28)22(33-17(4)26)14-31-36(29,30)20-12-10-15(2)11-13-20/h10-13,21-24H,7-9,14H2,1-6H3/t21-,22+,23+,24+/m0/s1. The summed E-state index contributed by atoms with van der Waals surface area (Å²) in [5.41, 5.74) is 0.828. The number of esters is 4. The molecule has 0 aliphatic heterocycles. The molecule has 0 aliphatic carbocycles. The van der Waals surface area contributed by atoms with Crippen molar-refractivity contribution in [2.75, 3.05) is 6.61 Å². The van der Waals surface area contributed by atoms with Crippen molar-refractivity contribution in [3.63, 3.8) is 0 Å². The second-order valence-electron chi connectivity index (χ2n) is 8.14. The van der Waals surface area contributed by atoms with Crippen LogP contribution in [0, 0.1) is 6.92 Å². The SMILES string of the molecule is CCCC[C@H](OC(C)=O)[C@@H](OC(C)=O)[C@H](OC(C)=O)[C@@H](COS(=O)(=O)c1ccc(C)cc1)OC(C)=O. The van der Waals surface area contributed by atoms with E-state index < -0.39 is 65.0 Å². The van der Waals surface area contributed by atoms with Gasteiger partial charge < -0.3 is 18.9 Å². The van der Waals surface area contributed by atoms with Crippen molar-refractivity contribution >= 4 is 34.0 Å². The predicted octanol–water partition coefficient (Wildman–Crippen LogP) is 2.62. The zero-order valence-corrected chi connectivity index (χ0v) is 22.2. The van der Waals surface area contributed by atoms with E-state index in [1.54, 1.807) is 19.1 Å². The van der Waals surface area contributed by atoms with Crippen LogP contribution in [0.5, 0.6) is 0 Å². The fourth-order valence-electron chi connectivity index (χ4n) is 3.34. The minimum atomic E-state index is -4.30. The lowest BCUT2D eigenvalue weighted by atomic mass is 9.98. The monoisotopic (exact) mass is 530 g/mol. The molecule has 0 fully saturated rings. The summed E-state index contributed by atoms with van der Waals surface area (Å²) in [7, 11) is -4.30. The molecule has 0 unspecified atom stereocenters. The van der Waals surface area contributed by atoms with Gasteiger partial charge in [0.15, 0.2) is 18.3 Å². The highest BCUT2D eigenvalue weighted by Gasteiger charge is 2.43. The van der Waals surface area contributed by atoms with Crippen LogP contribution < -0.4 is 0 Å². The van der Waals surface area contributed by atoms with Crippen molar-refractivity contribution in [2.45, 2.75) is 90.1 Å². The number of carbonyl (C=O) groups excluding carboxylic acids is 4. The number of aryl methyl sites for hydroxylation is 1. The van der Waals surface area contributed by atoms with E-state index in [4.69, 9.17) is 23.1 Å². The van der Waals surface area contributed by atoms with Gasteiger partial charge >= 0.3 is 23.9 Å². The second-order valence-corrected chi connectivity index (χ2v) is 9.75. The molecule has 0 saturated heterocycles. The molecule has 0 amide bonds. The van der Waals surface area contributed by atoms with Gasteiger partial charge in [0.1, 0.15) is 12.7 Å². The van der Waals surface area contributed by atoms with Crippen molar-refractivity contribution in [1.29, 1.82) is 0 Å². The normalized spacial score (nSPS) is 14.6. The van der Waals surface area contributed by atoms with E-state index in [0.29, 0.717) is 12.8 Å². The highest BCUT2D eigenvalue weighted by molar-refractivity contribution is 7.86. The van der Waals surface area contributed by atoms with E-state index in [1.807, 2.05) is 6.92 Å². The summed E-state index contributed by atoms with van der Waals surface area (Å²) in [6, 6.07) is 5.85. The van der Waals surface area contributed by atoms with Gasteiger partial charge in [-0.3, -0.25) is 23.4 Å². The number of unbranched alkanes of at least 4 members (excludes halogenated alkanes) is 1. The number of rotatable bonds is 14. The van der Waals surface area contributed by atoms with Crippen LogP contribution in [0.15, 0.2) is 29.2 Å². The molecule has 0 aliphatic rings. The summed E-state index contributed by atoms with van der Waals surface area (Å²) in [5.74, 6) is -3.15. The molecule has 1 aromatic rings. The first-order valence-corrected chi connectivity index (χ1v) is 12.8. The molecule has 12 heteroatoms. The highest BCUT2D eigenvalue weighted by Crippen LogP contribution is 2.24. The Balaban J connectivity index is 3.43. The van der Waals surface area contributed by atoms with Crippen LogP contribution in [0.3, 0.4) is 0 Å². The van der Waals surface area contributed by atoms with Gasteiger partial charge in [-0.1, -0.05) is 31.0 Å². The van der Waals surface area contributed by atoms with E-state index in [2.05, 4.69) is 0 Å². The van der Waals surface area contributed by atoms with Crippen LogP contribution in [0.2, 0.25) is 0 Å². The predicted molar refractivity (Wildman–Crippen MR) is 126 cm³/mol. The quantitative estimate of drug-likeness (QED) is 0.198. The van der Waals surface area contributed by atoms with E-state index in [1.165, 1.54) is 12.1 Å². The summed E-state index contributed by atoms with van der Waals surface area (Å²) >= 11 is 0. The second kappa shape index (κ2) is 14.5. The molecular weight excluding hydrogens is 496 g/mol. The van der Waals surface area contributed by atoms with Crippen LogP contribution in [0.25, 0.3) is 0 Å². The lowest BCUT2D eigenvalue weighted by Gasteiger charge is -2.35. The zero-order chi connectivity index (χ0) is 27.5. The van der Waals surface area contributed by atoms with Gasteiger partial charge in [0, 0.05) is 27.7 Å². The average Bonchev–Trinajstić information content (AvgIpc) is 2.76. The molecule has 0 spiro atoms.